The molecule has 0 aliphatic rings. The van der Waals surface area contributed by atoms with Crippen LogP contribution in [-0.2, 0) is 0 Å². The molecule has 0 bridgehead atoms. The molecule has 0 atom stereocenters. The van der Waals surface area contributed by atoms with Crippen molar-refractivity contribution in [2.75, 3.05) is 0 Å². The lowest BCUT2D eigenvalue weighted by atomic mass is 9.60. The molecule has 0 amide bonds. The highest BCUT2D eigenvalue weighted by molar-refractivity contribution is 6.68. The second kappa shape index (κ2) is 12.6. The summed E-state index contributed by atoms with van der Waals surface area (Å²) < 4.78 is 2.03. The molecule has 2 aromatic heterocycles. The van der Waals surface area contributed by atoms with Crippen molar-refractivity contribution in [2.45, 2.75) is 0 Å². The Morgan fingerprint density at radius 3 is 1.35 bits per heavy atom. The molecular formula is C44H24B5N3. The molecule has 9 aromatic rings. The van der Waals surface area contributed by atoms with Crippen LogP contribution in [0.2, 0.25) is 0 Å². The van der Waals surface area contributed by atoms with E-state index in [1.54, 1.807) is 0 Å². The number of imidazole rings is 1. The van der Waals surface area contributed by atoms with E-state index in [2.05, 4.69) is 102 Å². The lowest BCUT2D eigenvalue weighted by Gasteiger charge is -2.22. The smallest absolute Gasteiger partial charge is 0.144 e. The number of benzene rings is 7. The molecule has 9 rings (SSSR count). The first-order valence-corrected chi connectivity index (χ1v) is 16.9. The van der Waals surface area contributed by atoms with Gasteiger partial charge in [0, 0.05) is 23.6 Å². The van der Waals surface area contributed by atoms with Gasteiger partial charge in [0.1, 0.15) is 45.1 Å². The maximum absolute atomic E-state index is 6.55. The highest BCUT2D eigenvalue weighted by Gasteiger charge is 2.21. The fourth-order valence-electron chi connectivity index (χ4n) is 7.45. The first-order chi connectivity index (χ1) is 25.4. The monoisotopic (exact) mass is 649 g/mol. The van der Waals surface area contributed by atoms with Crippen LogP contribution in [0.3, 0.4) is 0 Å². The number of hydrogen-bond acceptors (Lipinski definition) is 2. The minimum absolute atomic E-state index is 0.165. The molecule has 0 saturated carbocycles. The minimum Gasteiger partial charge on any atom is -0.292 e. The van der Waals surface area contributed by atoms with E-state index in [4.69, 9.17) is 44.2 Å². The van der Waals surface area contributed by atoms with E-state index in [9.17, 15) is 0 Å². The van der Waals surface area contributed by atoms with Gasteiger partial charge in [-0.05, 0) is 91.3 Å². The first kappa shape index (κ1) is 31.9. The zero-order chi connectivity index (χ0) is 35.5. The second-order valence-electron chi connectivity index (χ2n) is 12.9. The van der Waals surface area contributed by atoms with Crippen molar-refractivity contribution in [2.24, 2.45) is 0 Å². The van der Waals surface area contributed by atoms with Crippen molar-refractivity contribution >= 4 is 99.1 Å². The minimum atomic E-state index is 0.165. The van der Waals surface area contributed by atoms with Crippen LogP contribution in [0.4, 0.5) is 0 Å². The molecule has 0 aliphatic carbocycles. The summed E-state index contributed by atoms with van der Waals surface area (Å²) >= 11 is 0. The number of nitrogens with zero attached hydrogens (tertiary/aromatic N) is 3. The predicted molar refractivity (Wildman–Crippen MR) is 223 cm³/mol. The molecule has 0 aliphatic heterocycles. The number of fused-ring (bicyclic) bond motifs is 3. The van der Waals surface area contributed by atoms with E-state index < -0.39 is 0 Å². The normalized spacial score (nSPS) is 11.5. The fraction of sp³-hybridized carbons (Fsp3) is 0. The van der Waals surface area contributed by atoms with Gasteiger partial charge in [-0.3, -0.25) is 9.55 Å². The van der Waals surface area contributed by atoms with Gasteiger partial charge in [0.15, 0.2) is 0 Å². The number of para-hydroxylation sites is 2. The third-order valence-corrected chi connectivity index (χ3v) is 10.0. The van der Waals surface area contributed by atoms with Gasteiger partial charge in [0.25, 0.3) is 0 Å². The first-order valence-electron chi connectivity index (χ1n) is 16.9. The Morgan fingerprint density at radius 1 is 0.385 bits per heavy atom. The Kier molecular flexibility index (Phi) is 7.77. The van der Waals surface area contributed by atoms with Crippen LogP contribution in [-0.4, -0.2) is 53.8 Å². The molecule has 0 saturated heterocycles. The van der Waals surface area contributed by atoms with Gasteiger partial charge in [0.2, 0.25) is 0 Å². The molecule has 52 heavy (non-hydrogen) atoms. The molecule has 0 spiro atoms. The maximum atomic E-state index is 6.55. The van der Waals surface area contributed by atoms with Gasteiger partial charge in [-0.25, -0.2) is 4.98 Å². The van der Waals surface area contributed by atoms with Crippen LogP contribution < -0.4 is 27.3 Å². The quantitative estimate of drug-likeness (QED) is 0.186. The number of hydrogen-bond donors (Lipinski definition) is 0. The Labute approximate surface area is 308 Å². The van der Waals surface area contributed by atoms with Gasteiger partial charge in [-0.15, -0.1) is 16.4 Å². The Morgan fingerprint density at radius 2 is 0.808 bits per heavy atom. The van der Waals surface area contributed by atoms with Crippen LogP contribution in [0.25, 0.3) is 83.0 Å². The molecule has 0 N–H and O–H groups in total. The van der Waals surface area contributed by atoms with Crippen LogP contribution >= 0.6 is 0 Å². The topological polar surface area (TPSA) is 30.7 Å². The number of aromatic nitrogens is 3. The maximum Gasteiger partial charge on any atom is 0.144 e. The standard InChI is InChI=1S/C44H24B5N3/c45-39-38(40(46)42(48)43(49)41(39)47)44-51-34-11-5-6-12-35(34)52(44)29-19-17-28(18-20-29)37-32-9-3-1-7-30(32)36(31-8-2-4-10-33(31)37)27-15-13-25(14-16-27)26-21-23-50-24-22-26/h1-24H. The number of rotatable bonds is 5. The van der Waals surface area contributed by atoms with Crippen molar-refractivity contribution in [3.63, 3.8) is 0 Å². The van der Waals surface area contributed by atoms with Crippen LogP contribution in [0.15, 0.2) is 146 Å². The third-order valence-electron chi connectivity index (χ3n) is 10.0. The summed E-state index contributed by atoms with van der Waals surface area (Å²) in [7, 11) is 31.8. The Bertz CT molecular complexity index is 2740. The van der Waals surface area contributed by atoms with E-state index >= 15 is 0 Å². The van der Waals surface area contributed by atoms with Gasteiger partial charge < -0.3 is 0 Å². The van der Waals surface area contributed by atoms with Crippen molar-refractivity contribution in [3.8, 4) is 50.5 Å². The van der Waals surface area contributed by atoms with E-state index in [0.29, 0.717) is 11.4 Å². The summed E-state index contributed by atoms with van der Waals surface area (Å²) in [5.74, 6) is 0.526. The largest absolute Gasteiger partial charge is 0.292 e. The van der Waals surface area contributed by atoms with E-state index in [1.165, 1.54) is 27.1 Å². The van der Waals surface area contributed by atoms with Gasteiger partial charge in [-0.2, -0.15) is 0 Å². The van der Waals surface area contributed by atoms with E-state index in [-0.39, 0.29) is 27.3 Å². The highest BCUT2D eigenvalue weighted by atomic mass is 15.1. The molecule has 7 aromatic carbocycles. The predicted octanol–water partition coefficient (Wildman–Crippen LogP) is 5.36. The fourth-order valence-corrected chi connectivity index (χ4v) is 7.45. The third kappa shape index (κ3) is 5.05. The van der Waals surface area contributed by atoms with Crippen LogP contribution in [0.5, 0.6) is 0 Å². The zero-order valence-electron chi connectivity index (χ0n) is 28.1. The molecule has 10 radical (unpaired) electrons. The summed E-state index contributed by atoms with van der Waals surface area (Å²) in [4.78, 5) is 9.14. The van der Waals surface area contributed by atoms with Gasteiger partial charge >= 0.3 is 0 Å². The lowest BCUT2D eigenvalue weighted by Crippen LogP contribution is -2.55. The summed E-state index contributed by atoms with van der Waals surface area (Å²) in [6.07, 6.45) is 3.65. The number of pyridine rings is 1. The summed E-state index contributed by atoms with van der Waals surface area (Å²) in [6, 6.07) is 46.5. The zero-order valence-corrected chi connectivity index (χ0v) is 28.1. The Balaban J connectivity index is 1.22. The molecule has 0 fully saturated rings. The van der Waals surface area contributed by atoms with Crippen LogP contribution in [0, 0.1) is 0 Å². The van der Waals surface area contributed by atoms with Crippen molar-refractivity contribution < 1.29 is 0 Å². The SMILES string of the molecule is [B]c1c([B])c([B])c(-c2nc3ccccc3n2-c2ccc(-c3c4ccccc4c(-c4ccc(-c5ccncc5)cc4)c4ccccc34)cc2)c([B])c1[B]. The van der Waals surface area contributed by atoms with E-state index in [0.717, 1.165) is 44.5 Å². The van der Waals surface area contributed by atoms with Gasteiger partial charge in [-0.1, -0.05) is 108 Å². The molecule has 2 heterocycles. The average molecular weight is 649 g/mol. The molecule has 230 valence electrons. The Hall–Kier alpha value is -6.00. The van der Waals surface area contributed by atoms with Crippen molar-refractivity contribution in [1.82, 2.24) is 14.5 Å². The molecule has 8 heteroatoms. The van der Waals surface area contributed by atoms with Crippen molar-refractivity contribution in [1.29, 1.82) is 0 Å². The van der Waals surface area contributed by atoms with Crippen LogP contribution in [0.1, 0.15) is 0 Å². The van der Waals surface area contributed by atoms with E-state index in [1.807, 2.05) is 53.4 Å². The molecule has 3 nitrogen and oxygen atoms in total. The summed E-state index contributed by atoms with van der Waals surface area (Å²) in [5.41, 5.74) is 10.9. The molecular weight excluding hydrogens is 625 g/mol. The second-order valence-corrected chi connectivity index (χ2v) is 12.9. The van der Waals surface area contributed by atoms with Crippen molar-refractivity contribution in [3.05, 3.63) is 146 Å². The molecule has 0 unspecified atom stereocenters. The average Bonchev–Trinajstić information content (AvgIpc) is 3.58. The highest BCUT2D eigenvalue weighted by Crippen LogP contribution is 2.44. The van der Waals surface area contributed by atoms with Gasteiger partial charge in [0.05, 0.1) is 11.0 Å². The lowest BCUT2D eigenvalue weighted by molar-refractivity contribution is 1.11. The summed E-state index contributed by atoms with van der Waals surface area (Å²) in [5, 5.41) is 4.71. The summed E-state index contributed by atoms with van der Waals surface area (Å²) in [6.45, 7) is 0.